The third-order valence-electron chi connectivity index (χ3n) is 5.83. The van der Waals surface area contributed by atoms with Gasteiger partial charge in [0.25, 0.3) is 15.9 Å². The zero-order valence-electron chi connectivity index (χ0n) is 17.4. The lowest BCUT2D eigenvalue weighted by Gasteiger charge is -2.22. The maximum atomic E-state index is 13.1. The van der Waals surface area contributed by atoms with Crippen molar-refractivity contribution in [2.75, 3.05) is 29.3 Å². The first-order valence-corrected chi connectivity index (χ1v) is 12.3. The molecule has 0 unspecified atom stereocenters. The number of rotatable bonds is 5. The molecule has 0 aliphatic carbocycles. The number of para-hydroxylation sites is 1. The zero-order chi connectivity index (χ0) is 21.8. The number of carbonyl (C=O) groups excluding carboxylic acids is 2. The Morgan fingerprint density at radius 2 is 1.52 bits per heavy atom. The largest absolute Gasteiger partial charge is 0.339 e. The van der Waals surface area contributed by atoms with Gasteiger partial charge >= 0.3 is 0 Å². The van der Waals surface area contributed by atoms with E-state index in [0.717, 1.165) is 32.1 Å². The molecule has 0 radical (unpaired) electrons. The smallest absolute Gasteiger partial charge is 0.261 e. The van der Waals surface area contributed by atoms with E-state index in [0.29, 0.717) is 37.3 Å². The fraction of sp³-hybridized carbons (Fsp3) is 0.391. The monoisotopic (exact) mass is 441 g/mol. The number of benzene rings is 2. The molecule has 0 spiro atoms. The molecule has 2 aromatic rings. The second-order valence-corrected chi connectivity index (χ2v) is 9.68. The molecule has 2 saturated heterocycles. The highest BCUT2D eigenvalue weighted by atomic mass is 32.2. The molecule has 8 heteroatoms. The second kappa shape index (κ2) is 9.09. The van der Waals surface area contributed by atoms with Crippen LogP contribution in [0.2, 0.25) is 0 Å². The van der Waals surface area contributed by atoms with E-state index < -0.39 is 10.0 Å². The standard InChI is InChI=1S/C23H27N3O4S/c27-22-10-7-17-26(22)18-11-13-19(14-12-18)31(29,30)24-21-9-4-3-8-20(21)23(28)25-15-5-1-2-6-16-25/h3-4,8-9,11-14,24H,1-2,5-7,10,15-17H2. The van der Waals surface area contributed by atoms with Gasteiger partial charge in [0.15, 0.2) is 0 Å². The molecule has 2 aromatic carbocycles. The third-order valence-corrected chi connectivity index (χ3v) is 7.21. The number of nitrogens with zero attached hydrogens (tertiary/aromatic N) is 2. The number of likely N-dealkylation sites (tertiary alicyclic amines) is 1. The number of sulfonamides is 1. The van der Waals surface area contributed by atoms with E-state index in [2.05, 4.69) is 4.72 Å². The fourth-order valence-corrected chi connectivity index (χ4v) is 5.21. The lowest BCUT2D eigenvalue weighted by Crippen LogP contribution is -2.32. The summed E-state index contributed by atoms with van der Waals surface area (Å²) < 4.78 is 28.6. The second-order valence-electron chi connectivity index (χ2n) is 8.00. The van der Waals surface area contributed by atoms with Gasteiger partial charge in [-0.2, -0.15) is 0 Å². The molecule has 164 valence electrons. The number of anilines is 2. The van der Waals surface area contributed by atoms with Crippen molar-refractivity contribution in [3.63, 3.8) is 0 Å². The van der Waals surface area contributed by atoms with Gasteiger partial charge in [-0.1, -0.05) is 25.0 Å². The molecule has 2 amide bonds. The van der Waals surface area contributed by atoms with Gasteiger partial charge in [0.1, 0.15) is 0 Å². The van der Waals surface area contributed by atoms with Crippen LogP contribution in [0.3, 0.4) is 0 Å². The summed E-state index contributed by atoms with van der Waals surface area (Å²) in [5.74, 6) is -0.0993. The Balaban J connectivity index is 1.54. The minimum atomic E-state index is -3.89. The number of nitrogens with one attached hydrogen (secondary N) is 1. The lowest BCUT2D eigenvalue weighted by atomic mass is 10.1. The number of hydrogen-bond donors (Lipinski definition) is 1. The van der Waals surface area contributed by atoms with Gasteiger partial charge in [-0.3, -0.25) is 14.3 Å². The van der Waals surface area contributed by atoms with Crippen molar-refractivity contribution < 1.29 is 18.0 Å². The summed E-state index contributed by atoms with van der Waals surface area (Å²) in [5.41, 5.74) is 1.32. The van der Waals surface area contributed by atoms with E-state index in [4.69, 9.17) is 0 Å². The van der Waals surface area contributed by atoms with Crippen molar-refractivity contribution in [3.8, 4) is 0 Å². The molecule has 0 saturated carbocycles. The predicted molar refractivity (Wildman–Crippen MR) is 120 cm³/mol. The summed E-state index contributed by atoms with van der Waals surface area (Å²) in [6.07, 6.45) is 5.47. The van der Waals surface area contributed by atoms with Crippen LogP contribution >= 0.6 is 0 Å². The fourth-order valence-electron chi connectivity index (χ4n) is 4.13. The third kappa shape index (κ3) is 4.74. The van der Waals surface area contributed by atoms with Crippen molar-refractivity contribution in [2.24, 2.45) is 0 Å². The maximum Gasteiger partial charge on any atom is 0.261 e. The van der Waals surface area contributed by atoms with E-state index in [9.17, 15) is 18.0 Å². The topological polar surface area (TPSA) is 86.8 Å². The quantitative estimate of drug-likeness (QED) is 0.768. The summed E-state index contributed by atoms with van der Waals surface area (Å²) in [6.45, 7) is 2.03. The number of carbonyl (C=O) groups is 2. The van der Waals surface area contributed by atoms with E-state index >= 15 is 0 Å². The van der Waals surface area contributed by atoms with E-state index in [-0.39, 0.29) is 22.4 Å². The van der Waals surface area contributed by atoms with Crippen molar-refractivity contribution in [1.82, 2.24) is 4.90 Å². The van der Waals surface area contributed by atoms with Crippen LogP contribution in [0, 0.1) is 0 Å². The van der Waals surface area contributed by atoms with Gasteiger partial charge in [0.05, 0.1) is 16.1 Å². The SMILES string of the molecule is O=C(c1ccccc1NS(=O)(=O)c1ccc(N2CCCC2=O)cc1)N1CCCCCC1. The van der Waals surface area contributed by atoms with E-state index in [1.54, 1.807) is 41.3 Å². The highest BCUT2D eigenvalue weighted by Crippen LogP contribution is 2.26. The molecule has 31 heavy (non-hydrogen) atoms. The van der Waals surface area contributed by atoms with Gasteiger partial charge in [0.2, 0.25) is 5.91 Å². The Morgan fingerprint density at radius 1 is 0.839 bits per heavy atom. The minimum Gasteiger partial charge on any atom is -0.339 e. The van der Waals surface area contributed by atoms with Crippen molar-refractivity contribution >= 4 is 33.2 Å². The summed E-state index contributed by atoms with van der Waals surface area (Å²) >= 11 is 0. The molecule has 2 fully saturated rings. The van der Waals surface area contributed by atoms with Gasteiger partial charge in [-0.15, -0.1) is 0 Å². The van der Waals surface area contributed by atoms with Crippen molar-refractivity contribution in [2.45, 2.75) is 43.4 Å². The van der Waals surface area contributed by atoms with Crippen LogP contribution in [0.5, 0.6) is 0 Å². The van der Waals surface area contributed by atoms with Crippen LogP contribution in [-0.4, -0.2) is 44.8 Å². The molecule has 2 heterocycles. The summed E-state index contributed by atoms with van der Waals surface area (Å²) in [4.78, 5) is 28.5. The Hall–Kier alpha value is -2.87. The van der Waals surface area contributed by atoms with Crippen LogP contribution in [0.15, 0.2) is 53.4 Å². The van der Waals surface area contributed by atoms with Gasteiger partial charge in [0, 0.05) is 31.7 Å². The van der Waals surface area contributed by atoms with Crippen LogP contribution in [0.25, 0.3) is 0 Å². The Bertz CT molecular complexity index is 1060. The summed E-state index contributed by atoms with van der Waals surface area (Å²) in [6, 6.07) is 13.0. The molecule has 0 aromatic heterocycles. The number of hydrogen-bond acceptors (Lipinski definition) is 4. The van der Waals surface area contributed by atoms with Crippen LogP contribution in [-0.2, 0) is 14.8 Å². The molecule has 0 atom stereocenters. The minimum absolute atomic E-state index is 0.0506. The summed E-state index contributed by atoms with van der Waals surface area (Å²) in [5, 5.41) is 0. The number of amides is 2. The first-order chi connectivity index (χ1) is 15.0. The van der Waals surface area contributed by atoms with Crippen LogP contribution < -0.4 is 9.62 Å². The van der Waals surface area contributed by atoms with Gasteiger partial charge < -0.3 is 9.80 Å². The molecule has 1 N–H and O–H groups in total. The highest BCUT2D eigenvalue weighted by Gasteiger charge is 2.24. The Kier molecular flexibility index (Phi) is 6.27. The first kappa shape index (κ1) is 21.4. The lowest BCUT2D eigenvalue weighted by molar-refractivity contribution is -0.117. The molecule has 7 nitrogen and oxygen atoms in total. The average molecular weight is 442 g/mol. The van der Waals surface area contributed by atoms with E-state index in [1.165, 1.54) is 12.1 Å². The van der Waals surface area contributed by atoms with E-state index in [1.807, 2.05) is 4.90 Å². The predicted octanol–water partition coefficient (Wildman–Crippen LogP) is 3.63. The highest BCUT2D eigenvalue weighted by molar-refractivity contribution is 7.92. The van der Waals surface area contributed by atoms with Crippen molar-refractivity contribution in [3.05, 3.63) is 54.1 Å². The molecular weight excluding hydrogens is 414 g/mol. The molecule has 2 aliphatic heterocycles. The summed E-state index contributed by atoms with van der Waals surface area (Å²) in [7, 11) is -3.89. The Morgan fingerprint density at radius 3 is 2.16 bits per heavy atom. The first-order valence-electron chi connectivity index (χ1n) is 10.8. The normalized spacial score (nSPS) is 17.5. The Labute approximate surface area is 183 Å². The maximum absolute atomic E-state index is 13.1. The van der Waals surface area contributed by atoms with Crippen LogP contribution in [0.4, 0.5) is 11.4 Å². The molecule has 4 rings (SSSR count). The molecular formula is C23H27N3O4S. The average Bonchev–Trinajstić information content (AvgIpc) is 3.02. The molecule has 2 aliphatic rings. The van der Waals surface area contributed by atoms with Gasteiger partial charge in [-0.25, -0.2) is 8.42 Å². The van der Waals surface area contributed by atoms with Gasteiger partial charge in [-0.05, 0) is 55.7 Å². The zero-order valence-corrected chi connectivity index (χ0v) is 18.2. The van der Waals surface area contributed by atoms with Crippen molar-refractivity contribution in [1.29, 1.82) is 0 Å². The molecule has 0 bridgehead atoms. The van der Waals surface area contributed by atoms with Crippen LogP contribution in [0.1, 0.15) is 48.9 Å².